The summed E-state index contributed by atoms with van der Waals surface area (Å²) >= 11 is 0. The van der Waals surface area contributed by atoms with Crippen LogP contribution in [0.2, 0.25) is 0 Å². The van der Waals surface area contributed by atoms with Crippen LogP contribution in [0.4, 0.5) is 0 Å². The summed E-state index contributed by atoms with van der Waals surface area (Å²) in [6, 6.07) is 3.44. The third-order valence-electron chi connectivity index (χ3n) is 2.86. The maximum absolute atomic E-state index is 10.6. The first-order valence-corrected chi connectivity index (χ1v) is 6.42. The zero-order valence-electron chi connectivity index (χ0n) is 10.5. The normalized spacial score (nSPS) is 10.4. The summed E-state index contributed by atoms with van der Waals surface area (Å²) in [5.41, 5.74) is 1.25. The van der Waals surface area contributed by atoms with Gasteiger partial charge in [-0.1, -0.05) is 39.0 Å². The van der Waals surface area contributed by atoms with Crippen molar-refractivity contribution in [2.24, 2.45) is 0 Å². The van der Waals surface area contributed by atoms with Crippen LogP contribution in [0.3, 0.4) is 0 Å². The van der Waals surface area contributed by atoms with E-state index in [1.165, 1.54) is 38.3 Å². The summed E-state index contributed by atoms with van der Waals surface area (Å²) in [5.74, 6) is -0.913. The van der Waals surface area contributed by atoms with E-state index < -0.39 is 5.97 Å². The fraction of sp³-hybridized carbons (Fsp3) is 0.571. The molecule has 0 amide bonds. The monoisotopic (exact) mass is 235 g/mol. The van der Waals surface area contributed by atoms with Gasteiger partial charge >= 0.3 is 5.97 Å². The van der Waals surface area contributed by atoms with Crippen LogP contribution in [-0.4, -0.2) is 16.1 Å². The molecule has 0 spiro atoms. The zero-order valence-corrected chi connectivity index (χ0v) is 10.5. The molecule has 0 aliphatic heterocycles. The molecule has 0 aromatic carbocycles. The summed E-state index contributed by atoms with van der Waals surface area (Å²) in [7, 11) is 0. The lowest BCUT2D eigenvalue weighted by Gasteiger charge is -2.01. The van der Waals surface area contributed by atoms with Crippen LogP contribution in [0.5, 0.6) is 0 Å². The number of aryl methyl sites for hydroxylation is 1. The first-order chi connectivity index (χ1) is 8.24. The van der Waals surface area contributed by atoms with Crippen LogP contribution in [0.1, 0.15) is 61.5 Å². The van der Waals surface area contributed by atoms with E-state index in [4.69, 9.17) is 5.11 Å². The third kappa shape index (κ3) is 5.48. The Morgan fingerprint density at radius 2 is 1.88 bits per heavy atom. The van der Waals surface area contributed by atoms with Crippen LogP contribution in [0, 0.1) is 0 Å². The van der Waals surface area contributed by atoms with Crippen molar-refractivity contribution in [1.29, 1.82) is 0 Å². The van der Waals surface area contributed by atoms with Gasteiger partial charge < -0.3 is 5.11 Å². The van der Waals surface area contributed by atoms with E-state index in [2.05, 4.69) is 11.9 Å². The molecule has 0 fully saturated rings. The van der Waals surface area contributed by atoms with Gasteiger partial charge in [-0.05, 0) is 25.0 Å². The fourth-order valence-corrected chi connectivity index (χ4v) is 1.79. The van der Waals surface area contributed by atoms with Crippen molar-refractivity contribution < 1.29 is 9.90 Å². The standard InChI is InChI=1S/C14H21NO2/c1-2-3-4-5-6-7-8-13-10-9-12(11-15-13)14(16)17/h9-11H,2-8H2,1H3,(H,16,17). The molecule has 17 heavy (non-hydrogen) atoms. The van der Waals surface area contributed by atoms with E-state index in [0.717, 1.165) is 18.5 Å². The summed E-state index contributed by atoms with van der Waals surface area (Å²) in [6.07, 6.45) is 9.99. The van der Waals surface area contributed by atoms with Gasteiger partial charge in [0.1, 0.15) is 0 Å². The third-order valence-corrected chi connectivity index (χ3v) is 2.86. The number of unbranched alkanes of at least 4 members (excludes halogenated alkanes) is 5. The van der Waals surface area contributed by atoms with Gasteiger partial charge in [0.2, 0.25) is 0 Å². The number of rotatable bonds is 8. The highest BCUT2D eigenvalue weighted by molar-refractivity contribution is 5.87. The summed E-state index contributed by atoms with van der Waals surface area (Å²) in [5, 5.41) is 8.73. The number of carboxylic acid groups (broad SMARTS) is 1. The van der Waals surface area contributed by atoms with E-state index in [0.29, 0.717) is 0 Å². The smallest absolute Gasteiger partial charge is 0.337 e. The average Bonchev–Trinajstić information content (AvgIpc) is 2.34. The highest BCUT2D eigenvalue weighted by atomic mass is 16.4. The Labute approximate surface area is 103 Å². The Balaban J connectivity index is 2.21. The largest absolute Gasteiger partial charge is 0.478 e. The molecule has 1 aromatic rings. The lowest BCUT2D eigenvalue weighted by molar-refractivity contribution is 0.0696. The quantitative estimate of drug-likeness (QED) is 0.699. The molecule has 1 aromatic heterocycles. The number of nitrogens with zero attached hydrogens (tertiary/aromatic N) is 1. The van der Waals surface area contributed by atoms with Crippen molar-refractivity contribution in [3.8, 4) is 0 Å². The molecule has 0 saturated heterocycles. The minimum atomic E-state index is -0.913. The van der Waals surface area contributed by atoms with Gasteiger partial charge in [0, 0.05) is 11.9 Å². The Morgan fingerprint density at radius 3 is 2.47 bits per heavy atom. The summed E-state index contributed by atoms with van der Waals surface area (Å²) in [4.78, 5) is 14.8. The van der Waals surface area contributed by atoms with Gasteiger partial charge in [0.25, 0.3) is 0 Å². The molecule has 0 bridgehead atoms. The van der Waals surface area contributed by atoms with Crippen molar-refractivity contribution in [3.05, 3.63) is 29.6 Å². The molecule has 94 valence electrons. The predicted octanol–water partition coefficient (Wildman–Crippen LogP) is 3.68. The first kappa shape index (κ1) is 13.7. The highest BCUT2D eigenvalue weighted by Gasteiger charge is 2.02. The molecule has 0 radical (unpaired) electrons. The second kappa shape index (κ2) is 7.82. The van der Waals surface area contributed by atoms with Crippen LogP contribution in [-0.2, 0) is 6.42 Å². The lowest BCUT2D eigenvalue weighted by atomic mass is 10.1. The number of aromatic nitrogens is 1. The van der Waals surface area contributed by atoms with Gasteiger partial charge in [0.15, 0.2) is 0 Å². The van der Waals surface area contributed by atoms with Gasteiger partial charge in [-0.25, -0.2) is 4.79 Å². The van der Waals surface area contributed by atoms with Gasteiger partial charge in [-0.2, -0.15) is 0 Å². The lowest BCUT2D eigenvalue weighted by Crippen LogP contribution is -1.98. The Bertz CT molecular complexity index is 333. The second-order valence-corrected chi connectivity index (χ2v) is 4.36. The van der Waals surface area contributed by atoms with Crippen molar-refractivity contribution in [2.45, 2.75) is 51.9 Å². The Morgan fingerprint density at radius 1 is 1.18 bits per heavy atom. The van der Waals surface area contributed by atoms with Crippen molar-refractivity contribution >= 4 is 5.97 Å². The molecular formula is C14H21NO2. The topological polar surface area (TPSA) is 50.2 Å². The second-order valence-electron chi connectivity index (χ2n) is 4.36. The molecule has 0 saturated carbocycles. The Kier molecular flexibility index (Phi) is 6.30. The van der Waals surface area contributed by atoms with Crippen molar-refractivity contribution in [1.82, 2.24) is 4.98 Å². The molecule has 0 atom stereocenters. The minimum Gasteiger partial charge on any atom is -0.478 e. The predicted molar refractivity (Wildman–Crippen MR) is 68.3 cm³/mol. The molecule has 0 unspecified atom stereocenters. The van der Waals surface area contributed by atoms with Crippen LogP contribution >= 0.6 is 0 Å². The number of hydrogen-bond acceptors (Lipinski definition) is 2. The minimum absolute atomic E-state index is 0.261. The number of aromatic carboxylic acids is 1. The molecule has 1 heterocycles. The molecule has 1 N–H and O–H groups in total. The van der Waals surface area contributed by atoms with Crippen LogP contribution in [0.25, 0.3) is 0 Å². The highest BCUT2D eigenvalue weighted by Crippen LogP contribution is 2.09. The Hall–Kier alpha value is -1.38. The van der Waals surface area contributed by atoms with Gasteiger partial charge in [-0.15, -0.1) is 0 Å². The molecule has 0 aliphatic rings. The van der Waals surface area contributed by atoms with Crippen molar-refractivity contribution in [3.63, 3.8) is 0 Å². The number of carbonyl (C=O) groups is 1. The maximum Gasteiger partial charge on any atom is 0.337 e. The molecular weight excluding hydrogens is 214 g/mol. The molecule has 1 rings (SSSR count). The summed E-state index contributed by atoms with van der Waals surface area (Å²) in [6.45, 7) is 2.22. The van der Waals surface area contributed by atoms with E-state index in [-0.39, 0.29) is 5.56 Å². The average molecular weight is 235 g/mol. The van der Waals surface area contributed by atoms with Crippen molar-refractivity contribution in [2.75, 3.05) is 0 Å². The fourth-order valence-electron chi connectivity index (χ4n) is 1.79. The number of hydrogen-bond donors (Lipinski definition) is 1. The maximum atomic E-state index is 10.6. The number of carboxylic acids is 1. The summed E-state index contributed by atoms with van der Waals surface area (Å²) < 4.78 is 0. The first-order valence-electron chi connectivity index (χ1n) is 6.42. The van der Waals surface area contributed by atoms with Gasteiger partial charge in [0.05, 0.1) is 5.56 Å². The van der Waals surface area contributed by atoms with Crippen LogP contribution in [0.15, 0.2) is 18.3 Å². The van der Waals surface area contributed by atoms with E-state index >= 15 is 0 Å². The number of pyridine rings is 1. The van der Waals surface area contributed by atoms with Crippen LogP contribution < -0.4 is 0 Å². The molecule has 0 aliphatic carbocycles. The molecule has 3 heteroatoms. The zero-order chi connectivity index (χ0) is 12.5. The van der Waals surface area contributed by atoms with E-state index in [9.17, 15) is 4.79 Å². The van der Waals surface area contributed by atoms with Gasteiger partial charge in [-0.3, -0.25) is 4.98 Å². The van der Waals surface area contributed by atoms with E-state index in [1.54, 1.807) is 6.07 Å². The SMILES string of the molecule is CCCCCCCCc1ccc(C(=O)O)cn1. The van der Waals surface area contributed by atoms with E-state index in [1.807, 2.05) is 6.07 Å². The molecule has 3 nitrogen and oxygen atoms in total.